The van der Waals surface area contributed by atoms with Crippen molar-refractivity contribution in [1.82, 2.24) is 0 Å². The third-order valence-corrected chi connectivity index (χ3v) is 3.74. The molecule has 0 saturated heterocycles. The molecule has 2 nitrogen and oxygen atoms in total. The minimum atomic E-state index is -0.0477. The second-order valence-electron chi connectivity index (χ2n) is 5.27. The fourth-order valence-electron chi connectivity index (χ4n) is 2.78. The quantitative estimate of drug-likeness (QED) is 0.831. The Labute approximate surface area is 113 Å². The molecule has 1 atom stereocenters. The van der Waals surface area contributed by atoms with Gasteiger partial charge in [0, 0.05) is 5.56 Å². The zero-order valence-electron chi connectivity index (χ0n) is 11.3. The van der Waals surface area contributed by atoms with Crippen LogP contribution in [0.15, 0.2) is 36.4 Å². The molecular weight excluding hydrogens is 236 g/mol. The average Bonchev–Trinajstić information content (AvgIpc) is 2.42. The number of phenols is 1. The number of fused-ring (bicyclic) bond motifs is 1. The molecule has 2 aromatic carbocycles. The zero-order valence-corrected chi connectivity index (χ0v) is 11.3. The lowest BCUT2D eigenvalue weighted by molar-refractivity contribution is 0.173. The summed E-state index contributed by atoms with van der Waals surface area (Å²) in [4.78, 5) is 0. The van der Waals surface area contributed by atoms with Gasteiger partial charge in [-0.15, -0.1) is 0 Å². The normalized spacial score (nSPS) is 17.7. The van der Waals surface area contributed by atoms with Gasteiger partial charge in [0.15, 0.2) is 0 Å². The van der Waals surface area contributed by atoms with Crippen molar-refractivity contribution in [3.05, 3.63) is 58.7 Å². The van der Waals surface area contributed by atoms with Crippen molar-refractivity contribution in [2.24, 2.45) is 0 Å². The molecule has 19 heavy (non-hydrogen) atoms. The van der Waals surface area contributed by atoms with E-state index in [1.165, 1.54) is 5.56 Å². The van der Waals surface area contributed by atoms with Crippen molar-refractivity contribution in [1.29, 1.82) is 0 Å². The highest BCUT2D eigenvalue weighted by atomic mass is 16.5. The average molecular weight is 254 g/mol. The van der Waals surface area contributed by atoms with Gasteiger partial charge in [0.25, 0.3) is 0 Å². The van der Waals surface area contributed by atoms with E-state index in [-0.39, 0.29) is 6.10 Å². The summed E-state index contributed by atoms with van der Waals surface area (Å²) in [6.07, 6.45) is 1.86. The number of phenolic OH excluding ortho intramolecular Hbond substituents is 1. The van der Waals surface area contributed by atoms with Crippen LogP contribution in [0.2, 0.25) is 0 Å². The van der Waals surface area contributed by atoms with Crippen LogP contribution in [0, 0.1) is 13.8 Å². The Balaban J connectivity index is 1.97. The van der Waals surface area contributed by atoms with Crippen molar-refractivity contribution in [2.45, 2.75) is 32.8 Å². The molecule has 1 unspecified atom stereocenters. The van der Waals surface area contributed by atoms with E-state index in [1.54, 1.807) is 0 Å². The van der Waals surface area contributed by atoms with E-state index in [4.69, 9.17) is 4.74 Å². The van der Waals surface area contributed by atoms with Crippen LogP contribution in [-0.2, 0) is 6.42 Å². The number of ether oxygens (including phenoxy) is 1. The van der Waals surface area contributed by atoms with Crippen LogP contribution < -0.4 is 4.74 Å². The van der Waals surface area contributed by atoms with Gasteiger partial charge in [-0.25, -0.2) is 0 Å². The molecule has 1 aliphatic rings. The van der Waals surface area contributed by atoms with Gasteiger partial charge in [-0.3, -0.25) is 0 Å². The third-order valence-electron chi connectivity index (χ3n) is 3.74. The molecule has 1 N–H and O–H groups in total. The van der Waals surface area contributed by atoms with E-state index < -0.39 is 0 Å². The van der Waals surface area contributed by atoms with Crippen LogP contribution in [0.5, 0.6) is 11.5 Å². The van der Waals surface area contributed by atoms with Crippen molar-refractivity contribution >= 4 is 0 Å². The molecule has 2 heteroatoms. The van der Waals surface area contributed by atoms with Gasteiger partial charge in [0.05, 0.1) is 0 Å². The molecule has 0 saturated carbocycles. The Kier molecular flexibility index (Phi) is 2.94. The predicted octanol–water partition coefficient (Wildman–Crippen LogP) is 4.08. The molecule has 1 heterocycles. The van der Waals surface area contributed by atoms with Crippen LogP contribution in [-0.4, -0.2) is 5.11 Å². The molecule has 0 aromatic heterocycles. The van der Waals surface area contributed by atoms with Crippen LogP contribution in [0.25, 0.3) is 0 Å². The van der Waals surface area contributed by atoms with Gasteiger partial charge >= 0.3 is 0 Å². The number of para-hydroxylation sites is 1. The number of aromatic hydroxyl groups is 1. The molecule has 1 aliphatic heterocycles. The molecule has 3 rings (SSSR count). The highest BCUT2D eigenvalue weighted by Gasteiger charge is 2.24. The largest absolute Gasteiger partial charge is 0.507 e. The smallest absolute Gasteiger partial charge is 0.128 e. The summed E-state index contributed by atoms with van der Waals surface area (Å²) in [6.45, 7) is 3.98. The Hall–Kier alpha value is -1.96. The first-order valence-corrected chi connectivity index (χ1v) is 6.70. The van der Waals surface area contributed by atoms with Gasteiger partial charge in [-0.05, 0) is 49.9 Å². The number of hydrogen-bond donors (Lipinski definition) is 1. The fraction of sp³-hybridized carbons (Fsp3) is 0.294. The maximum atomic E-state index is 10.2. The molecule has 0 amide bonds. The summed E-state index contributed by atoms with van der Waals surface area (Å²) in [5.74, 6) is 1.31. The van der Waals surface area contributed by atoms with Gasteiger partial charge in [0.2, 0.25) is 0 Å². The van der Waals surface area contributed by atoms with E-state index in [2.05, 4.69) is 6.07 Å². The Morgan fingerprint density at radius 3 is 2.79 bits per heavy atom. The number of rotatable bonds is 1. The second kappa shape index (κ2) is 4.61. The summed E-state index contributed by atoms with van der Waals surface area (Å²) in [6, 6.07) is 12.2. The SMILES string of the molecule is Cc1cc(C)c(O)c(C2CCc3ccccc3O2)c1. The van der Waals surface area contributed by atoms with Crippen molar-refractivity contribution in [2.75, 3.05) is 0 Å². The molecule has 98 valence electrons. The first-order chi connectivity index (χ1) is 9.15. The van der Waals surface area contributed by atoms with E-state index in [9.17, 15) is 5.11 Å². The zero-order chi connectivity index (χ0) is 13.4. The number of hydrogen-bond acceptors (Lipinski definition) is 2. The summed E-state index contributed by atoms with van der Waals surface area (Å²) < 4.78 is 6.05. The van der Waals surface area contributed by atoms with Crippen LogP contribution in [0.1, 0.15) is 34.8 Å². The summed E-state index contributed by atoms with van der Waals surface area (Å²) >= 11 is 0. The van der Waals surface area contributed by atoms with E-state index in [0.29, 0.717) is 5.75 Å². The Morgan fingerprint density at radius 2 is 1.95 bits per heavy atom. The summed E-state index contributed by atoms with van der Waals surface area (Å²) in [7, 11) is 0. The third kappa shape index (κ3) is 2.19. The minimum absolute atomic E-state index is 0.0477. The van der Waals surface area contributed by atoms with Gasteiger partial charge < -0.3 is 9.84 Å². The lowest BCUT2D eigenvalue weighted by Gasteiger charge is -2.27. The van der Waals surface area contributed by atoms with Gasteiger partial charge in [-0.2, -0.15) is 0 Å². The van der Waals surface area contributed by atoms with Crippen LogP contribution in [0.3, 0.4) is 0 Å². The van der Waals surface area contributed by atoms with E-state index >= 15 is 0 Å². The maximum absolute atomic E-state index is 10.2. The Bertz CT molecular complexity index is 617. The maximum Gasteiger partial charge on any atom is 0.128 e. The van der Waals surface area contributed by atoms with E-state index in [1.807, 2.05) is 44.2 Å². The van der Waals surface area contributed by atoms with Gasteiger partial charge in [0.1, 0.15) is 17.6 Å². The fourth-order valence-corrected chi connectivity index (χ4v) is 2.78. The summed E-state index contributed by atoms with van der Waals surface area (Å²) in [5.41, 5.74) is 4.24. The Morgan fingerprint density at radius 1 is 1.16 bits per heavy atom. The molecule has 0 spiro atoms. The highest BCUT2D eigenvalue weighted by molar-refractivity contribution is 5.45. The highest BCUT2D eigenvalue weighted by Crippen LogP contribution is 2.39. The summed E-state index contributed by atoms with van der Waals surface area (Å²) in [5, 5.41) is 10.2. The first kappa shape index (κ1) is 12.1. The number of aryl methyl sites for hydroxylation is 3. The van der Waals surface area contributed by atoms with Crippen LogP contribution >= 0.6 is 0 Å². The van der Waals surface area contributed by atoms with E-state index in [0.717, 1.165) is 35.3 Å². The van der Waals surface area contributed by atoms with Gasteiger partial charge in [-0.1, -0.05) is 29.8 Å². The van der Waals surface area contributed by atoms with Crippen molar-refractivity contribution in [3.63, 3.8) is 0 Å². The monoisotopic (exact) mass is 254 g/mol. The molecule has 0 radical (unpaired) electrons. The topological polar surface area (TPSA) is 29.5 Å². The predicted molar refractivity (Wildman–Crippen MR) is 75.7 cm³/mol. The van der Waals surface area contributed by atoms with Crippen molar-refractivity contribution < 1.29 is 9.84 Å². The molecular formula is C17H18O2. The lowest BCUT2D eigenvalue weighted by atomic mass is 9.94. The standard InChI is InChI=1S/C17H18O2/c1-11-9-12(2)17(18)14(10-11)16-8-7-13-5-3-4-6-15(13)19-16/h3-6,9-10,16,18H,7-8H2,1-2H3. The lowest BCUT2D eigenvalue weighted by Crippen LogP contribution is -2.15. The first-order valence-electron chi connectivity index (χ1n) is 6.70. The minimum Gasteiger partial charge on any atom is -0.507 e. The molecule has 0 bridgehead atoms. The molecule has 2 aromatic rings. The molecule has 0 aliphatic carbocycles. The number of benzene rings is 2. The van der Waals surface area contributed by atoms with Crippen molar-refractivity contribution in [3.8, 4) is 11.5 Å². The second-order valence-corrected chi connectivity index (χ2v) is 5.27. The molecule has 0 fully saturated rings. The van der Waals surface area contributed by atoms with Crippen LogP contribution in [0.4, 0.5) is 0 Å².